The molecule has 2 atom stereocenters. The molecule has 0 unspecified atom stereocenters. The fourth-order valence-corrected chi connectivity index (χ4v) is 1.55. The van der Waals surface area contributed by atoms with E-state index in [0.29, 0.717) is 6.42 Å². The van der Waals surface area contributed by atoms with Crippen molar-refractivity contribution in [2.24, 2.45) is 11.7 Å². The molecule has 0 spiro atoms. The van der Waals surface area contributed by atoms with Crippen LogP contribution in [0.4, 0.5) is 4.79 Å². The van der Waals surface area contributed by atoms with Crippen LogP contribution in [-0.4, -0.2) is 34.9 Å². The Morgan fingerprint density at radius 2 is 2.12 bits per heavy atom. The van der Waals surface area contributed by atoms with Crippen molar-refractivity contribution >= 4 is 12.0 Å². The summed E-state index contributed by atoms with van der Waals surface area (Å²) in [5.74, 6) is -0.949. The molecule has 1 fully saturated rings. The van der Waals surface area contributed by atoms with Gasteiger partial charge in [-0.2, -0.15) is 0 Å². The Hall–Kier alpha value is -1.30. The molecule has 1 aliphatic carbocycles. The lowest BCUT2D eigenvalue weighted by Crippen LogP contribution is -2.50. The van der Waals surface area contributed by atoms with E-state index in [0.717, 1.165) is 0 Å². The first-order valence-electron chi connectivity index (χ1n) is 5.13. The fraction of sp³-hybridized carbons (Fsp3) is 0.800. The van der Waals surface area contributed by atoms with Gasteiger partial charge in [0.2, 0.25) is 5.91 Å². The molecule has 1 aliphatic rings. The lowest BCUT2D eigenvalue weighted by Gasteiger charge is -2.22. The second-order valence-corrected chi connectivity index (χ2v) is 5.05. The first-order valence-corrected chi connectivity index (χ1v) is 5.13. The number of carbonyl (C=O) groups is 2. The summed E-state index contributed by atoms with van der Waals surface area (Å²) in [4.78, 5) is 22.7. The minimum Gasteiger partial charge on any atom is -0.444 e. The number of alkyl carbamates (subject to hydrolysis) is 1. The Morgan fingerprint density at radius 1 is 1.56 bits per heavy atom. The summed E-state index contributed by atoms with van der Waals surface area (Å²) in [6.45, 7) is 4.98. The first-order chi connectivity index (χ1) is 7.21. The summed E-state index contributed by atoms with van der Waals surface area (Å²) < 4.78 is 5.02. The van der Waals surface area contributed by atoms with Gasteiger partial charge in [-0.15, -0.1) is 0 Å². The van der Waals surface area contributed by atoms with E-state index in [1.165, 1.54) is 0 Å². The number of carbonyl (C=O) groups excluding carboxylic acids is 2. The summed E-state index contributed by atoms with van der Waals surface area (Å²) in [7, 11) is 0. The van der Waals surface area contributed by atoms with Crippen LogP contribution in [0.2, 0.25) is 0 Å². The number of rotatable bonds is 3. The van der Waals surface area contributed by atoms with E-state index in [1.54, 1.807) is 20.8 Å². The third-order valence-electron chi connectivity index (χ3n) is 2.49. The van der Waals surface area contributed by atoms with Crippen molar-refractivity contribution in [1.82, 2.24) is 5.32 Å². The van der Waals surface area contributed by atoms with E-state index in [2.05, 4.69) is 5.32 Å². The van der Waals surface area contributed by atoms with Crippen LogP contribution in [0.25, 0.3) is 0 Å². The summed E-state index contributed by atoms with van der Waals surface area (Å²) in [6.07, 6.45) is -0.333. The number of primary amides is 1. The second kappa shape index (κ2) is 3.93. The summed E-state index contributed by atoms with van der Waals surface area (Å²) in [5, 5.41) is 11.4. The number of amides is 2. The standard InChI is InChI=1S/C10H18N2O4/c1-9(2,3)16-8(15)12-10(7(11)14)4-6(10)5-13/h6,13H,4-5H2,1-3H3,(H2,11,14)(H,12,15)/t6-,10+/m0/s1. The Labute approximate surface area is 94.1 Å². The molecule has 92 valence electrons. The first kappa shape index (κ1) is 12.8. The molecule has 6 heteroatoms. The van der Waals surface area contributed by atoms with Gasteiger partial charge >= 0.3 is 6.09 Å². The molecule has 1 saturated carbocycles. The van der Waals surface area contributed by atoms with E-state index in [1.807, 2.05) is 0 Å². The molecular weight excluding hydrogens is 212 g/mol. The highest BCUT2D eigenvalue weighted by Crippen LogP contribution is 2.42. The van der Waals surface area contributed by atoms with Gasteiger partial charge in [0.25, 0.3) is 0 Å². The molecule has 0 radical (unpaired) electrons. The minimum absolute atomic E-state index is 0.182. The van der Waals surface area contributed by atoms with Crippen LogP contribution in [-0.2, 0) is 9.53 Å². The molecule has 0 aliphatic heterocycles. The maximum atomic E-state index is 11.5. The van der Waals surface area contributed by atoms with Gasteiger partial charge in [-0.05, 0) is 27.2 Å². The van der Waals surface area contributed by atoms with Gasteiger partial charge in [0.05, 0.1) is 0 Å². The molecular formula is C10H18N2O4. The molecule has 2 amide bonds. The molecule has 4 N–H and O–H groups in total. The van der Waals surface area contributed by atoms with Crippen LogP contribution in [0, 0.1) is 5.92 Å². The highest BCUT2D eigenvalue weighted by atomic mass is 16.6. The minimum atomic E-state index is -1.13. The topological polar surface area (TPSA) is 102 Å². The van der Waals surface area contributed by atoms with E-state index in [4.69, 9.17) is 15.6 Å². The molecule has 0 aromatic rings. The Balaban J connectivity index is 2.59. The third-order valence-corrected chi connectivity index (χ3v) is 2.49. The van der Waals surface area contributed by atoms with Gasteiger partial charge in [0, 0.05) is 12.5 Å². The van der Waals surface area contributed by atoms with Gasteiger partial charge in [-0.1, -0.05) is 0 Å². The quantitative estimate of drug-likeness (QED) is 0.622. The van der Waals surface area contributed by atoms with Crippen LogP contribution in [0.5, 0.6) is 0 Å². The fourth-order valence-electron chi connectivity index (χ4n) is 1.55. The van der Waals surface area contributed by atoms with Crippen LogP contribution >= 0.6 is 0 Å². The average Bonchev–Trinajstić information content (AvgIpc) is 2.76. The van der Waals surface area contributed by atoms with Crippen LogP contribution in [0.1, 0.15) is 27.2 Å². The van der Waals surface area contributed by atoms with E-state index >= 15 is 0 Å². The van der Waals surface area contributed by atoms with Gasteiger partial charge < -0.3 is 20.9 Å². The highest BCUT2D eigenvalue weighted by molar-refractivity contribution is 5.92. The van der Waals surface area contributed by atoms with Gasteiger partial charge in [0.15, 0.2) is 0 Å². The number of aliphatic hydroxyl groups excluding tert-OH is 1. The molecule has 0 bridgehead atoms. The lowest BCUT2D eigenvalue weighted by molar-refractivity contribution is -0.121. The predicted molar refractivity (Wildman–Crippen MR) is 56.5 cm³/mol. The molecule has 0 heterocycles. The highest BCUT2D eigenvalue weighted by Gasteiger charge is 2.60. The van der Waals surface area contributed by atoms with Crippen molar-refractivity contribution < 1.29 is 19.4 Å². The molecule has 0 aromatic heterocycles. The Kier molecular flexibility index (Phi) is 3.14. The maximum Gasteiger partial charge on any atom is 0.408 e. The Morgan fingerprint density at radius 3 is 2.44 bits per heavy atom. The summed E-state index contributed by atoms with van der Waals surface area (Å²) in [6, 6.07) is 0. The third kappa shape index (κ3) is 2.63. The molecule has 16 heavy (non-hydrogen) atoms. The predicted octanol–water partition coefficient (Wildman–Crippen LogP) is -0.253. The van der Waals surface area contributed by atoms with E-state index in [9.17, 15) is 9.59 Å². The monoisotopic (exact) mass is 230 g/mol. The van der Waals surface area contributed by atoms with Crippen LogP contribution in [0.3, 0.4) is 0 Å². The normalized spacial score (nSPS) is 28.4. The lowest BCUT2D eigenvalue weighted by atomic mass is 10.2. The average molecular weight is 230 g/mol. The maximum absolute atomic E-state index is 11.5. The Bertz CT molecular complexity index is 310. The summed E-state index contributed by atoms with van der Waals surface area (Å²) in [5.41, 5.74) is 3.43. The van der Waals surface area contributed by atoms with Crippen LogP contribution < -0.4 is 11.1 Å². The zero-order valence-electron chi connectivity index (χ0n) is 9.74. The zero-order valence-corrected chi connectivity index (χ0v) is 9.74. The number of hydrogen-bond donors (Lipinski definition) is 3. The van der Waals surface area contributed by atoms with Crippen molar-refractivity contribution in [3.8, 4) is 0 Å². The van der Waals surface area contributed by atoms with Crippen LogP contribution in [0.15, 0.2) is 0 Å². The number of nitrogens with two attached hydrogens (primary N) is 1. The van der Waals surface area contributed by atoms with Crippen molar-refractivity contribution in [1.29, 1.82) is 0 Å². The number of ether oxygens (including phenoxy) is 1. The molecule has 1 rings (SSSR count). The van der Waals surface area contributed by atoms with Gasteiger partial charge in [-0.25, -0.2) is 4.79 Å². The number of aliphatic hydroxyl groups is 1. The molecule has 0 saturated heterocycles. The zero-order chi connectivity index (χ0) is 12.6. The SMILES string of the molecule is CC(C)(C)OC(=O)N[C@]1(C(N)=O)C[C@H]1CO. The van der Waals surface area contributed by atoms with Crippen molar-refractivity contribution in [2.75, 3.05) is 6.61 Å². The molecule has 6 nitrogen and oxygen atoms in total. The smallest absolute Gasteiger partial charge is 0.408 e. The number of nitrogens with one attached hydrogen (secondary N) is 1. The second-order valence-electron chi connectivity index (χ2n) is 5.05. The van der Waals surface area contributed by atoms with Crippen molar-refractivity contribution in [3.05, 3.63) is 0 Å². The number of hydrogen-bond acceptors (Lipinski definition) is 4. The van der Waals surface area contributed by atoms with Crippen molar-refractivity contribution in [3.63, 3.8) is 0 Å². The van der Waals surface area contributed by atoms with E-state index in [-0.39, 0.29) is 12.5 Å². The van der Waals surface area contributed by atoms with Gasteiger partial charge in [0.1, 0.15) is 11.1 Å². The van der Waals surface area contributed by atoms with Gasteiger partial charge in [-0.3, -0.25) is 4.79 Å². The van der Waals surface area contributed by atoms with Crippen molar-refractivity contribution in [2.45, 2.75) is 38.3 Å². The largest absolute Gasteiger partial charge is 0.444 e. The van der Waals surface area contributed by atoms with E-state index < -0.39 is 23.1 Å². The summed E-state index contributed by atoms with van der Waals surface area (Å²) >= 11 is 0. The molecule has 0 aromatic carbocycles.